The van der Waals surface area contributed by atoms with Crippen LogP contribution in [-0.4, -0.2) is 52.7 Å². The van der Waals surface area contributed by atoms with Crippen LogP contribution in [0.15, 0.2) is 46.3 Å². The molecule has 3 aliphatic rings. The van der Waals surface area contributed by atoms with Gasteiger partial charge >= 0.3 is 5.92 Å². The molecule has 4 aromatic rings. The van der Waals surface area contributed by atoms with Crippen molar-refractivity contribution in [1.82, 2.24) is 20.1 Å². The Balaban J connectivity index is 0.000000523. The van der Waals surface area contributed by atoms with Gasteiger partial charge in [0, 0.05) is 37.2 Å². The van der Waals surface area contributed by atoms with E-state index in [1.54, 1.807) is 21.7 Å². The lowest BCUT2D eigenvalue weighted by Crippen LogP contribution is -2.59. The average Bonchev–Trinajstić information content (AvgIpc) is 3.37. The average molecular weight is 607 g/mol. The molecule has 2 aromatic carbocycles. The number of benzene rings is 2. The summed E-state index contributed by atoms with van der Waals surface area (Å²) in [5.41, 5.74) is 3.69. The van der Waals surface area contributed by atoms with Crippen LogP contribution in [-0.2, 0) is 10.7 Å². The predicted octanol–water partition coefficient (Wildman–Crippen LogP) is 6.99. The van der Waals surface area contributed by atoms with Gasteiger partial charge in [0.15, 0.2) is 0 Å². The Morgan fingerprint density at radius 3 is 2.52 bits per heavy atom. The van der Waals surface area contributed by atoms with E-state index in [4.69, 9.17) is 27.6 Å². The maximum Gasteiger partial charge on any atom is 0.349 e. The molecule has 0 bridgehead atoms. The van der Waals surface area contributed by atoms with Gasteiger partial charge in [-0.15, -0.1) is 21.5 Å². The van der Waals surface area contributed by atoms with Gasteiger partial charge in [0.2, 0.25) is 12.3 Å². The molecule has 210 valence electrons. The third-order valence-corrected chi connectivity index (χ3v) is 9.65. The number of hydrogen-bond acceptors (Lipinski definition) is 7. The number of carbonyl (C=O) groups excluding carboxylic acids is 1. The summed E-state index contributed by atoms with van der Waals surface area (Å²) in [6.07, 6.45) is 3.70. The zero-order chi connectivity index (χ0) is 28.3. The van der Waals surface area contributed by atoms with Crippen molar-refractivity contribution in [3.05, 3.63) is 69.3 Å². The first-order valence-corrected chi connectivity index (χ1v) is 14.6. The van der Waals surface area contributed by atoms with Crippen LogP contribution < -0.4 is 4.90 Å². The van der Waals surface area contributed by atoms with Crippen molar-refractivity contribution in [2.45, 2.75) is 38.5 Å². The van der Waals surface area contributed by atoms with Gasteiger partial charge in [-0.2, -0.15) is 8.78 Å². The highest BCUT2D eigenvalue weighted by Crippen LogP contribution is 2.51. The fraction of sp³-hybridized carbons (Fsp3) is 0.429. The summed E-state index contributed by atoms with van der Waals surface area (Å²) in [5, 5.41) is 7.93. The van der Waals surface area contributed by atoms with E-state index in [-0.39, 0.29) is 27.3 Å². The number of halogens is 4. The molecule has 2 aliphatic heterocycles. The van der Waals surface area contributed by atoms with E-state index in [0.717, 1.165) is 33.8 Å². The molecule has 0 N–H and O–H groups in total. The van der Waals surface area contributed by atoms with Crippen LogP contribution in [0.3, 0.4) is 0 Å². The molecule has 1 unspecified atom stereocenters. The third-order valence-electron chi connectivity index (χ3n) is 8.05. The zero-order valence-electron chi connectivity index (χ0n) is 21.9. The maximum absolute atomic E-state index is 15.2. The molecule has 1 aliphatic carbocycles. The first-order chi connectivity index (χ1) is 19.0. The molecule has 1 spiro atoms. The molecular weight excluding hydrogens is 579 g/mol. The topological polar surface area (TPSA) is 75.4 Å². The molecular formula is C28H27Cl2F2N5O2S. The Kier molecular flexibility index (Phi) is 6.79. The summed E-state index contributed by atoms with van der Waals surface area (Å²) in [5.74, 6) is -4.55. The standard InChI is InChI=1S/C23H17Cl2F2N5O2S.C5H10/c24-15-5-4-13(6-16(15)25)23(26,27)21-30-29-20(34-21)14-7-32(10-22(14)8-31(9-22)12-33)18-3-1-2-17-19(18)35-11-28-17;1-5(2)3-4-5/h1-6,11-12,14H,7-10H2;3-4H2,1-2H3. The van der Waals surface area contributed by atoms with E-state index < -0.39 is 17.4 Å². The van der Waals surface area contributed by atoms with Crippen LogP contribution in [0.5, 0.6) is 0 Å². The second-order valence-corrected chi connectivity index (χ2v) is 13.3. The van der Waals surface area contributed by atoms with Crippen molar-refractivity contribution in [2.24, 2.45) is 10.8 Å². The molecule has 12 heteroatoms. The van der Waals surface area contributed by atoms with Crippen molar-refractivity contribution in [3.63, 3.8) is 0 Å². The van der Waals surface area contributed by atoms with Gasteiger partial charge in [0.25, 0.3) is 5.89 Å². The van der Waals surface area contributed by atoms with Crippen molar-refractivity contribution >= 4 is 56.9 Å². The SMILES string of the molecule is CC1(C)CC1.O=CN1CC2(C1)CN(c1cccc3ncsc13)CC2c1nnc(C(F)(F)c2ccc(Cl)c(Cl)c2)o1. The molecule has 1 amide bonds. The van der Waals surface area contributed by atoms with E-state index in [9.17, 15) is 4.79 Å². The molecule has 7 nitrogen and oxygen atoms in total. The number of carbonyl (C=O) groups is 1. The molecule has 1 saturated carbocycles. The fourth-order valence-corrected chi connectivity index (χ4v) is 6.47. The smallest absolute Gasteiger partial charge is 0.349 e. The molecule has 40 heavy (non-hydrogen) atoms. The number of likely N-dealkylation sites (tertiary alicyclic amines) is 1. The highest BCUT2D eigenvalue weighted by Gasteiger charge is 2.57. The molecule has 3 fully saturated rings. The number of alkyl halides is 2. The molecule has 1 atom stereocenters. The monoisotopic (exact) mass is 605 g/mol. The number of thiazole rings is 1. The zero-order valence-corrected chi connectivity index (χ0v) is 24.2. The molecule has 0 radical (unpaired) electrons. The largest absolute Gasteiger partial charge is 0.419 e. The van der Waals surface area contributed by atoms with Gasteiger partial charge in [-0.1, -0.05) is 49.2 Å². The van der Waals surface area contributed by atoms with Gasteiger partial charge in [-0.3, -0.25) is 4.79 Å². The highest BCUT2D eigenvalue weighted by molar-refractivity contribution is 7.17. The van der Waals surface area contributed by atoms with E-state index in [0.29, 0.717) is 26.2 Å². The minimum atomic E-state index is -3.55. The first-order valence-electron chi connectivity index (χ1n) is 13.0. The minimum absolute atomic E-state index is 0.00892. The Morgan fingerprint density at radius 2 is 1.85 bits per heavy atom. The Bertz CT molecular complexity index is 1560. The third kappa shape index (κ3) is 4.94. The van der Waals surface area contributed by atoms with E-state index in [2.05, 4.69) is 33.9 Å². The summed E-state index contributed by atoms with van der Waals surface area (Å²) in [6, 6.07) is 9.49. The van der Waals surface area contributed by atoms with Gasteiger partial charge in [0.1, 0.15) is 0 Å². The predicted molar refractivity (Wildman–Crippen MR) is 151 cm³/mol. The van der Waals surface area contributed by atoms with Crippen LogP contribution >= 0.6 is 34.5 Å². The first kappa shape index (κ1) is 27.4. The number of aromatic nitrogens is 3. The number of hydrogen-bond donors (Lipinski definition) is 0. The molecule has 7 rings (SSSR count). The van der Waals surface area contributed by atoms with Crippen molar-refractivity contribution in [3.8, 4) is 0 Å². The molecule has 2 saturated heterocycles. The minimum Gasteiger partial charge on any atom is -0.419 e. The molecule has 4 heterocycles. The van der Waals surface area contributed by atoms with Gasteiger partial charge in [-0.05, 0) is 42.5 Å². The van der Waals surface area contributed by atoms with Crippen LogP contribution in [0.1, 0.15) is 50.0 Å². The lowest BCUT2D eigenvalue weighted by atomic mass is 9.72. The van der Waals surface area contributed by atoms with Gasteiger partial charge < -0.3 is 14.2 Å². The lowest BCUT2D eigenvalue weighted by molar-refractivity contribution is -0.129. The quantitative estimate of drug-likeness (QED) is 0.228. The lowest BCUT2D eigenvalue weighted by Gasteiger charge is -2.48. The summed E-state index contributed by atoms with van der Waals surface area (Å²) < 4.78 is 37.1. The van der Waals surface area contributed by atoms with E-state index >= 15 is 8.78 Å². The van der Waals surface area contributed by atoms with Crippen LogP contribution in [0, 0.1) is 10.8 Å². The Labute approximate surface area is 244 Å². The number of anilines is 1. The number of nitrogens with zero attached hydrogens (tertiary/aromatic N) is 5. The summed E-state index contributed by atoms with van der Waals surface area (Å²) in [7, 11) is 0. The van der Waals surface area contributed by atoms with Crippen LogP contribution in [0.4, 0.5) is 14.5 Å². The van der Waals surface area contributed by atoms with Crippen molar-refractivity contribution < 1.29 is 18.0 Å². The highest BCUT2D eigenvalue weighted by atomic mass is 35.5. The number of rotatable bonds is 5. The van der Waals surface area contributed by atoms with E-state index in [1.165, 1.54) is 25.0 Å². The Morgan fingerprint density at radius 1 is 1.10 bits per heavy atom. The molecule has 2 aromatic heterocycles. The van der Waals surface area contributed by atoms with Crippen molar-refractivity contribution in [2.75, 3.05) is 31.1 Å². The maximum atomic E-state index is 15.2. The van der Waals surface area contributed by atoms with Crippen molar-refractivity contribution in [1.29, 1.82) is 0 Å². The van der Waals surface area contributed by atoms with Crippen LogP contribution in [0.25, 0.3) is 10.2 Å². The van der Waals surface area contributed by atoms with Gasteiger partial charge in [0.05, 0.1) is 37.4 Å². The summed E-state index contributed by atoms with van der Waals surface area (Å²) >= 11 is 13.4. The fourth-order valence-electron chi connectivity index (χ4n) is 5.34. The second kappa shape index (κ2) is 9.92. The number of fused-ring (bicyclic) bond motifs is 1. The summed E-state index contributed by atoms with van der Waals surface area (Å²) in [6.45, 7) is 6.68. The van der Waals surface area contributed by atoms with Crippen LogP contribution in [0.2, 0.25) is 10.0 Å². The van der Waals surface area contributed by atoms with Gasteiger partial charge in [-0.25, -0.2) is 4.98 Å². The Hall–Kier alpha value is -2.82. The summed E-state index contributed by atoms with van der Waals surface area (Å²) in [4.78, 5) is 19.6. The van der Waals surface area contributed by atoms with E-state index in [1.807, 2.05) is 18.2 Å². The number of amides is 1. The normalized spacial score (nSPS) is 20.8. The second-order valence-electron chi connectivity index (χ2n) is 11.6.